The minimum atomic E-state index is -0.403. The molecule has 0 spiro atoms. The number of benzene rings is 1. The third-order valence-electron chi connectivity index (χ3n) is 5.81. The van der Waals surface area contributed by atoms with E-state index in [1.54, 1.807) is 17.0 Å². The fraction of sp³-hybridized carbons (Fsp3) is 0.522. The molecule has 2 heterocycles. The summed E-state index contributed by atoms with van der Waals surface area (Å²) in [6.07, 6.45) is 1.50. The molecule has 0 unspecified atom stereocenters. The Bertz CT molecular complexity index is 957. The van der Waals surface area contributed by atoms with Crippen LogP contribution in [0.3, 0.4) is 0 Å². The van der Waals surface area contributed by atoms with Gasteiger partial charge in [0.2, 0.25) is 15.9 Å². The van der Waals surface area contributed by atoms with Gasteiger partial charge in [0.05, 0.1) is 5.92 Å². The Morgan fingerprint density at radius 1 is 1.12 bits per heavy atom. The lowest BCUT2D eigenvalue weighted by molar-refractivity contribution is -0.126. The Morgan fingerprint density at radius 3 is 2.52 bits per heavy atom. The first kappa shape index (κ1) is 24.8. The van der Waals surface area contributed by atoms with E-state index in [0.717, 1.165) is 49.4 Å². The van der Waals surface area contributed by atoms with E-state index in [1.807, 2.05) is 19.1 Å². The van der Waals surface area contributed by atoms with E-state index >= 15 is 0 Å². The zero-order valence-electron chi connectivity index (χ0n) is 19.5. The van der Waals surface area contributed by atoms with Crippen molar-refractivity contribution >= 4 is 34.7 Å². The molecule has 1 aromatic carbocycles. The zero-order valence-corrected chi connectivity index (χ0v) is 20.3. The minimum Gasteiger partial charge on any atom is -0.355 e. The van der Waals surface area contributed by atoms with E-state index in [1.165, 1.54) is 0 Å². The van der Waals surface area contributed by atoms with Crippen LogP contribution in [0.15, 0.2) is 24.3 Å². The Balaban J connectivity index is 1.54. The van der Waals surface area contributed by atoms with E-state index in [9.17, 15) is 14.4 Å². The first-order valence-corrected chi connectivity index (χ1v) is 12.2. The summed E-state index contributed by atoms with van der Waals surface area (Å²) < 4.78 is 0. The van der Waals surface area contributed by atoms with Crippen molar-refractivity contribution in [2.75, 3.05) is 44.6 Å². The number of rotatable bonds is 9. The van der Waals surface area contributed by atoms with Crippen LogP contribution in [0.2, 0.25) is 0 Å². The van der Waals surface area contributed by atoms with Crippen LogP contribution in [-0.2, 0) is 4.79 Å². The fourth-order valence-corrected chi connectivity index (χ4v) is 4.46. The van der Waals surface area contributed by atoms with Gasteiger partial charge in [-0.25, -0.2) is 0 Å². The first-order valence-electron chi connectivity index (χ1n) is 11.4. The van der Waals surface area contributed by atoms with Crippen molar-refractivity contribution < 1.29 is 14.4 Å². The SMILES string of the molecule is CCN(CC)CCNC(=O)[C@@H]1CCCN(C(=O)c2nnc(C(=O)Nc3ccc(C)cc3)s2)C1. The quantitative estimate of drug-likeness (QED) is 0.580. The lowest BCUT2D eigenvalue weighted by Crippen LogP contribution is -2.46. The number of aryl methyl sites for hydroxylation is 1. The lowest BCUT2D eigenvalue weighted by atomic mass is 9.97. The summed E-state index contributed by atoms with van der Waals surface area (Å²) in [6.45, 7) is 10.4. The van der Waals surface area contributed by atoms with E-state index in [-0.39, 0.29) is 27.7 Å². The highest BCUT2D eigenvalue weighted by Crippen LogP contribution is 2.21. The van der Waals surface area contributed by atoms with Gasteiger partial charge in [-0.3, -0.25) is 14.4 Å². The van der Waals surface area contributed by atoms with Gasteiger partial charge in [-0.1, -0.05) is 42.9 Å². The summed E-state index contributed by atoms with van der Waals surface area (Å²) in [6, 6.07) is 7.41. The number of hydrogen-bond donors (Lipinski definition) is 2. The number of carbonyl (C=O) groups is 3. The molecule has 1 aliphatic rings. The highest BCUT2D eigenvalue weighted by Gasteiger charge is 2.30. The number of aromatic nitrogens is 2. The topological polar surface area (TPSA) is 108 Å². The van der Waals surface area contributed by atoms with Crippen LogP contribution in [0.4, 0.5) is 5.69 Å². The molecule has 2 N–H and O–H groups in total. The molecule has 1 aromatic heterocycles. The molecule has 33 heavy (non-hydrogen) atoms. The molecule has 0 radical (unpaired) electrons. The summed E-state index contributed by atoms with van der Waals surface area (Å²) in [4.78, 5) is 41.9. The van der Waals surface area contributed by atoms with Crippen molar-refractivity contribution in [3.05, 3.63) is 39.8 Å². The minimum absolute atomic E-state index is 0.0184. The molecule has 0 bridgehead atoms. The second kappa shape index (κ2) is 11.9. The maximum Gasteiger partial charge on any atom is 0.286 e. The molecule has 1 aliphatic heterocycles. The molecule has 2 aromatic rings. The summed E-state index contributed by atoms with van der Waals surface area (Å²) in [5.74, 6) is -0.950. The molecule has 1 fully saturated rings. The van der Waals surface area contributed by atoms with Crippen LogP contribution in [0.5, 0.6) is 0 Å². The van der Waals surface area contributed by atoms with Crippen molar-refractivity contribution in [2.45, 2.75) is 33.6 Å². The number of hydrogen-bond acceptors (Lipinski definition) is 7. The van der Waals surface area contributed by atoms with Crippen LogP contribution >= 0.6 is 11.3 Å². The third-order valence-corrected chi connectivity index (χ3v) is 6.72. The van der Waals surface area contributed by atoms with Crippen LogP contribution in [0, 0.1) is 12.8 Å². The highest BCUT2D eigenvalue weighted by atomic mass is 32.1. The van der Waals surface area contributed by atoms with Crippen molar-refractivity contribution in [2.24, 2.45) is 5.92 Å². The number of likely N-dealkylation sites (tertiary alicyclic amines) is 1. The van der Waals surface area contributed by atoms with Crippen molar-refractivity contribution in [3.8, 4) is 0 Å². The van der Waals surface area contributed by atoms with E-state index in [2.05, 4.69) is 39.6 Å². The number of amides is 3. The van der Waals surface area contributed by atoms with Gasteiger partial charge in [-0.15, -0.1) is 10.2 Å². The summed E-state index contributed by atoms with van der Waals surface area (Å²) >= 11 is 0.965. The maximum absolute atomic E-state index is 12.9. The zero-order chi connectivity index (χ0) is 23.8. The number of anilines is 1. The van der Waals surface area contributed by atoms with Gasteiger partial charge < -0.3 is 20.4 Å². The number of piperidine rings is 1. The van der Waals surface area contributed by atoms with Gasteiger partial charge in [0.15, 0.2) is 0 Å². The number of nitrogens with zero attached hydrogens (tertiary/aromatic N) is 4. The molecule has 3 amide bonds. The largest absolute Gasteiger partial charge is 0.355 e. The second-order valence-corrected chi connectivity index (χ2v) is 9.12. The maximum atomic E-state index is 12.9. The predicted molar refractivity (Wildman–Crippen MR) is 128 cm³/mol. The third kappa shape index (κ3) is 6.82. The lowest BCUT2D eigenvalue weighted by Gasteiger charge is -2.31. The number of likely N-dealkylation sites (N-methyl/N-ethyl adjacent to an activating group) is 1. The van der Waals surface area contributed by atoms with E-state index in [4.69, 9.17) is 0 Å². The average molecular weight is 473 g/mol. The highest BCUT2D eigenvalue weighted by molar-refractivity contribution is 7.15. The van der Waals surface area contributed by atoms with Gasteiger partial charge in [-0.2, -0.15) is 0 Å². The number of nitrogens with one attached hydrogen (secondary N) is 2. The summed E-state index contributed by atoms with van der Waals surface area (Å²) in [5.41, 5.74) is 1.74. The number of carbonyl (C=O) groups excluding carboxylic acids is 3. The first-order chi connectivity index (χ1) is 15.9. The van der Waals surface area contributed by atoms with Crippen LogP contribution in [-0.4, -0.2) is 77.0 Å². The smallest absolute Gasteiger partial charge is 0.286 e. The van der Waals surface area contributed by atoms with Crippen LogP contribution < -0.4 is 10.6 Å². The summed E-state index contributed by atoms with van der Waals surface area (Å²) in [5, 5.41) is 13.9. The monoisotopic (exact) mass is 472 g/mol. The van der Waals surface area contributed by atoms with Gasteiger partial charge in [0, 0.05) is 31.9 Å². The molecule has 1 atom stereocenters. The predicted octanol–water partition coefficient (Wildman–Crippen LogP) is 2.41. The van der Waals surface area contributed by atoms with E-state index < -0.39 is 5.91 Å². The van der Waals surface area contributed by atoms with Crippen LogP contribution in [0.25, 0.3) is 0 Å². The van der Waals surface area contributed by atoms with Gasteiger partial charge in [0.25, 0.3) is 11.8 Å². The molecule has 10 heteroatoms. The molecule has 178 valence electrons. The Morgan fingerprint density at radius 2 is 1.82 bits per heavy atom. The Kier molecular flexibility index (Phi) is 8.90. The van der Waals surface area contributed by atoms with E-state index in [0.29, 0.717) is 25.3 Å². The van der Waals surface area contributed by atoms with Gasteiger partial charge in [0.1, 0.15) is 0 Å². The molecule has 9 nitrogen and oxygen atoms in total. The molecule has 3 rings (SSSR count). The van der Waals surface area contributed by atoms with Gasteiger partial charge >= 0.3 is 0 Å². The Hall–Kier alpha value is -2.85. The normalized spacial score (nSPS) is 16.0. The van der Waals surface area contributed by atoms with Gasteiger partial charge in [-0.05, 0) is 45.0 Å². The second-order valence-electron chi connectivity index (χ2n) is 8.14. The van der Waals surface area contributed by atoms with Crippen molar-refractivity contribution in [3.63, 3.8) is 0 Å². The van der Waals surface area contributed by atoms with Crippen molar-refractivity contribution in [1.29, 1.82) is 0 Å². The standard InChI is InChI=1S/C23H32N6O3S/c1-4-28(5-2)14-12-24-19(30)17-7-6-13-29(15-17)23(32)22-27-26-21(33-22)20(31)25-18-10-8-16(3)9-11-18/h8-11,17H,4-7,12-15H2,1-3H3,(H,24,30)(H,25,31)/t17-/m1/s1. The van der Waals surface area contributed by atoms with Crippen molar-refractivity contribution in [1.82, 2.24) is 25.3 Å². The molecule has 0 aliphatic carbocycles. The molecule has 1 saturated heterocycles. The molecule has 0 saturated carbocycles. The summed E-state index contributed by atoms with van der Waals surface area (Å²) in [7, 11) is 0. The average Bonchev–Trinajstić information content (AvgIpc) is 3.33. The Labute approximate surface area is 198 Å². The molecular weight excluding hydrogens is 440 g/mol. The molecular formula is C23H32N6O3S. The fourth-order valence-electron chi connectivity index (χ4n) is 3.76. The van der Waals surface area contributed by atoms with Crippen LogP contribution in [0.1, 0.15) is 51.9 Å².